The second kappa shape index (κ2) is 11.2. The minimum Gasteiger partial charge on any atom is -0.379 e. The summed E-state index contributed by atoms with van der Waals surface area (Å²) in [6.45, 7) is 4.88. The lowest BCUT2D eigenvalue weighted by molar-refractivity contribution is 0.0341. The summed E-state index contributed by atoms with van der Waals surface area (Å²) >= 11 is 0. The van der Waals surface area contributed by atoms with Crippen molar-refractivity contribution in [3.05, 3.63) is 65.5 Å². The van der Waals surface area contributed by atoms with E-state index in [4.69, 9.17) is 4.74 Å². The van der Waals surface area contributed by atoms with E-state index >= 15 is 0 Å². The van der Waals surface area contributed by atoms with Gasteiger partial charge in [-0.3, -0.25) is 9.89 Å². The van der Waals surface area contributed by atoms with Gasteiger partial charge in [-0.05, 0) is 23.3 Å². The average molecular weight is 449 g/mol. The predicted molar refractivity (Wildman–Crippen MR) is 119 cm³/mol. The number of benzene rings is 2. The molecule has 31 heavy (non-hydrogen) atoms. The van der Waals surface area contributed by atoms with Gasteiger partial charge in [0.2, 0.25) is 0 Å². The molecule has 0 amide bonds. The molecule has 9 heteroatoms. The number of rotatable bonds is 8. The zero-order chi connectivity index (χ0) is 22.1. The molecule has 0 bridgehead atoms. The number of aliphatic imine (C=N–C) groups is 1. The van der Waals surface area contributed by atoms with Crippen molar-refractivity contribution in [3.63, 3.8) is 0 Å². The molecule has 0 atom stereocenters. The summed E-state index contributed by atoms with van der Waals surface area (Å²) in [5.41, 5.74) is 2.38. The molecule has 2 aromatic carbocycles. The van der Waals surface area contributed by atoms with Crippen LogP contribution in [0.15, 0.2) is 58.4 Å². The van der Waals surface area contributed by atoms with Crippen LogP contribution < -0.4 is 10.6 Å². The Hall–Kier alpha value is -2.49. The minimum atomic E-state index is -3.72. The quantitative estimate of drug-likeness (QED) is 0.473. The van der Waals surface area contributed by atoms with Crippen LogP contribution in [0, 0.1) is 5.82 Å². The Morgan fingerprint density at radius 1 is 1.06 bits per heavy atom. The highest BCUT2D eigenvalue weighted by molar-refractivity contribution is 7.91. The normalized spacial score (nSPS) is 15.6. The number of nitrogens with zero attached hydrogens (tertiary/aromatic N) is 2. The van der Waals surface area contributed by atoms with Crippen LogP contribution in [0.4, 0.5) is 4.39 Å². The van der Waals surface area contributed by atoms with Crippen LogP contribution in [0.2, 0.25) is 0 Å². The van der Waals surface area contributed by atoms with E-state index in [1.165, 1.54) is 23.8 Å². The lowest BCUT2D eigenvalue weighted by Crippen LogP contribution is -2.39. The first-order valence-electron chi connectivity index (χ1n) is 10.3. The third-order valence-corrected chi connectivity index (χ3v) is 6.86. The van der Waals surface area contributed by atoms with Crippen LogP contribution >= 0.6 is 0 Å². The standard InChI is InChI=1S/C22H29FN4O3S/c1-24-22(25-10-15-31(28,29)21-9-5-4-8-20(21)23)26-16-18-6-2-3-7-19(18)17-27-11-13-30-14-12-27/h2-9H,10-17H2,1H3,(H2,24,25,26). The Morgan fingerprint density at radius 2 is 1.74 bits per heavy atom. The highest BCUT2D eigenvalue weighted by Gasteiger charge is 2.18. The zero-order valence-electron chi connectivity index (χ0n) is 17.7. The van der Waals surface area contributed by atoms with Gasteiger partial charge in [-0.15, -0.1) is 0 Å². The van der Waals surface area contributed by atoms with Crippen molar-refractivity contribution < 1.29 is 17.5 Å². The Kier molecular flexibility index (Phi) is 8.39. The molecule has 0 unspecified atom stereocenters. The highest BCUT2D eigenvalue weighted by Crippen LogP contribution is 2.15. The van der Waals surface area contributed by atoms with Gasteiger partial charge in [0.25, 0.3) is 0 Å². The molecular formula is C22H29FN4O3S. The third kappa shape index (κ3) is 6.75. The van der Waals surface area contributed by atoms with Crippen LogP contribution in [0.3, 0.4) is 0 Å². The van der Waals surface area contributed by atoms with E-state index < -0.39 is 15.7 Å². The van der Waals surface area contributed by atoms with Crippen molar-refractivity contribution in [2.45, 2.75) is 18.0 Å². The maximum atomic E-state index is 13.8. The van der Waals surface area contributed by atoms with E-state index in [1.54, 1.807) is 7.05 Å². The second-order valence-electron chi connectivity index (χ2n) is 7.26. The van der Waals surface area contributed by atoms with Gasteiger partial charge in [0.1, 0.15) is 10.7 Å². The molecule has 168 valence electrons. The third-order valence-electron chi connectivity index (χ3n) is 5.12. The maximum Gasteiger partial charge on any atom is 0.191 e. The lowest BCUT2D eigenvalue weighted by atomic mass is 10.1. The van der Waals surface area contributed by atoms with E-state index in [0.717, 1.165) is 44.5 Å². The number of ether oxygens (including phenoxy) is 1. The zero-order valence-corrected chi connectivity index (χ0v) is 18.5. The molecule has 1 aliphatic rings. The summed E-state index contributed by atoms with van der Waals surface area (Å²) in [4.78, 5) is 6.24. The van der Waals surface area contributed by atoms with Crippen LogP contribution in [-0.2, 0) is 27.7 Å². The molecule has 1 saturated heterocycles. The topological polar surface area (TPSA) is 83.0 Å². The molecule has 3 rings (SSSR count). The van der Waals surface area contributed by atoms with Crippen molar-refractivity contribution in [1.82, 2.24) is 15.5 Å². The first-order valence-corrected chi connectivity index (χ1v) is 11.9. The molecule has 0 aliphatic carbocycles. The SMILES string of the molecule is CN=C(NCCS(=O)(=O)c1ccccc1F)NCc1ccccc1CN1CCOCC1. The largest absolute Gasteiger partial charge is 0.379 e. The Labute approximate surface area is 183 Å². The maximum absolute atomic E-state index is 13.8. The predicted octanol–water partition coefficient (Wildman–Crippen LogP) is 1.80. The van der Waals surface area contributed by atoms with E-state index in [9.17, 15) is 12.8 Å². The number of hydrogen-bond donors (Lipinski definition) is 2. The van der Waals surface area contributed by atoms with Crippen LogP contribution in [0.25, 0.3) is 0 Å². The van der Waals surface area contributed by atoms with E-state index in [1.807, 2.05) is 12.1 Å². The number of guanidine groups is 1. The fourth-order valence-electron chi connectivity index (χ4n) is 3.39. The second-order valence-corrected chi connectivity index (χ2v) is 9.34. The van der Waals surface area contributed by atoms with Crippen molar-refractivity contribution in [2.75, 3.05) is 45.6 Å². The number of sulfone groups is 1. The summed E-state index contributed by atoms with van der Waals surface area (Å²) in [7, 11) is -2.10. The first kappa shape index (κ1) is 23.2. The van der Waals surface area contributed by atoms with E-state index in [2.05, 4.69) is 32.7 Å². The van der Waals surface area contributed by atoms with Gasteiger partial charge in [-0.2, -0.15) is 0 Å². The van der Waals surface area contributed by atoms with Crippen molar-refractivity contribution in [2.24, 2.45) is 4.99 Å². The number of halogens is 1. The van der Waals surface area contributed by atoms with Gasteiger partial charge < -0.3 is 15.4 Å². The fraction of sp³-hybridized carbons (Fsp3) is 0.409. The van der Waals surface area contributed by atoms with Crippen molar-refractivity contribution in [3.8, 4) is 0 Å². The summed E-state index contributed by atoms with van der Waals surface area (Å²) in [6.07, 6.45) is 0. The molecule has 7 nitrogen and oxygen atoms in total. The number of nitrogens with one attached hydrogen (secondary N) is 2. The molecule has 0 spiro atoms. The average Bonchev–Trinajstić information content (AvgIpc) is 2.78. The molecular weight excluding hydrogens is 419 g/mol. The minimum absolute atomic E-state index is 0.117. The summed E-state index contributed by atoms with van der Waals surface area (Å²) in [5, 5.41) is 6.22. The van der Waals surface area contributed by atoms with Gasteiger partial charge >= 0.3 is 0 Å². The molecule has 2 aromatic rings. The molecule has 0 radical (unpaired) electrons. The van der Waals surface area contributed by atoms with Crippen LogP contribution in [0.5, 0.6) is 0 Å². The fourth-order valence-corrected chi connectivity index (χ4v) is 4.64. The van der Waals surface area contributed by atoms with E-state index in [0.29, 0.717) is 12.5 Å². The molecule has 0 aromatic heterocycles. The van der Waals surface area contributed by atoms with Gasteiger partial charge in [0.15, 0.2) is 15.8 Å². The van der Waals surface area contributed by atoms with E-state index in [-0.39, 0.29) is 17.2 Å². The summed E-state index contributed by atoms with van der Waals surface area (Å²) in [6, 6.07) is 13.6. The lowest BCUT2D eigenvalue weighted by Gasteiger charge is -2.27. The first-order chi connectivity index (χ1) is 15.0. The Morgan fingerprint density at radius 3 is 2.45 bits per heavy atom. The smallest absolute Gasteiger partial charge is 0.191 e. The van der Waals surface area contributed by atoms with Gasteiger partial charge in [-0.1, -0.05) is 36.4 Å². The van der Waals surface area contributed by atoms with Gasteiger partial charge in [-0.25, -0.2) is 12.8 Å². The summed E-state index contributed by atoms with van der Waals surface area (Å²) in [5.74, 6) is -0.478. The Balaban J connectivity index is 1.52. The Bertz CT molecular complexity index is 992. The van der Waals surface area contributed by atoms with Crippen LogP contribution in [0.1, 0.15) is 11.1 Å². The number of hydrogen-bond acceptors (Lipinski definition) is 5. The number of morpholine rings is 1. The van der Waals surface area contributed by atoms with Crippen molar-refractivity contribution >= 4 is 15.8 Å². The molecule has 1 fully saturated rings. The molecule has 2 N–H and O–H groups in total. The van der Waals surface area contributed by atoms with Gasteiger partial charge in [0.05, 0.1) is 19.0 Å². The summed E-state index contributed by atoms with van der Waals surface area (Å²) < 4.78 is 44.0. The monoisotopic (exact) mass is 448 g/mol. The van der Waals surface area contributed by atoms with Gasteiger partial charge in [0, 0.05) is 39.8 Å². The molecule has 0 saturated carbocycles. The molecule has 1 aliphatic heterocycles. The molecule has 1 heterocycles. The van der Waals surface area contributed by atoms with Crippen LogP contribution in [-0.4, -0.2) is 64.9 Å². The highest BCUT2D eigenvalue weighted by atomic mass is 32.2. The van der Waals surface area contributed by atoms with Crippen molar-refractivity contribution in [1.29, 1.82) is 0 Å².